The molecule has 0 N–H and O–H groups in total. The summed E-state index contributed by atoms with van der Waals surface area (Å²) in [5.74, 6) is 1.39. The third-order valence-electron chi connectivity index (χ3n) is 5.06. The summed E-state index contributed by atoms with van der Waals surface area (Å²) in [6.07, 6.45) is 1.82. The highest BCUT2D eigenvalue weighted by molar-refractivity contribution is 5.73. The van der Waals surface area contributed by atoms with Gasteiger partial charge in [-0.25, -0.2) is 4.68 Å². The standard InChI is InChI=1S/C25H16N6O2/c1-4-10-17(11-5-1)22-26-28-24(32-22)20-16-31(19-14-8-3-9-15-19)30-21(20)25-29-27-23(33-25)18-12-6-2-7-13-18/h1-16H. The van der Waals surface area contributed by atoms with Crippen LogP contribution in [-0.2, 0) is 0 Å². The van der Waals surface area contributed by atoms with E-state index in [1.807, 2.05) is 97.2 Å². The Balaban J connectivity index is 1.46. The lowest BCUT2D eigenvalue weighted by Crippen LogP contribution is -1.94. The van der Waals surface area contributed by atoms with Crippen molar-refractivity contribution < 1.29 is 8.83 Å². The average molecular weight is 432 g/mol. The summed E-state index contributed by atoms with van der Waals surface area (Å²) < 4.78 is 13.7. The highest BCUT2D eigenvalue weighted by Crippen LogP contribution is 2.33. The van der Waals surface area contributed by atoms with Gasteiger partial charge in [-0.2, -0.15) is 5.10 Å². The largest absolute Gasteiger partial charge is 0.416 e. The van der Waals surface area contributed by atoms with Crippen LogP contribution < -0.4 is 0 Å². The van der Waals surface area contributed by atoms with Crippen LogP contribution in [-0.4, -0.2) is 30.2 Å². The molecule has 158 valence electrons. The molecule has 3 aromatic heterocycles. The van der Waals surface area contributed by atoms with Crippen LogP contribution >= 0.6 is 0 Å². The molecule has 0 amide bonds. The Morgan fingerprint density at radius 1 is 0.515 bits per heavy atom. The van der Waals surface area contributed by atoms with Gasteiger partial charge in [-0.15, -0.1) is 20.4 Å². The number of rotatable bonds is 5. The molecule has 6 aromatic rings. The normalized spacial score (nSPS) is 11.0. The third-order valence-corrected chi connectivity index (χ3v) is 5.06. The molecule has 0 atom stereocenters. The summed E-state index contributed by atoms with van der Waals surface area (Å²) in [7, 11) is 0. The minimum atomic E-state index is 0.262. The molecule has 0 saturated carbocycles. The number of benzene rings is 3. The summed E-state index contributed by atoms with van der Waals surface area (Å²) in [6.45, 7) is 0. The van der Waals surface area contributed by atoms with Crippen LogP contribution in [0.15, 0.2) is 106 Å². The Morgan fingerprint density at radius 3 is 1.61 bits per heavy atom. The highest BCUT2D eigenvalue weighted by Gasteiger charge is 2.24. The van der Waals surface area contributed by atoms with E-state index in [0.29, 0.717) is 28.9 Å². The highest BCUT2D eigenvalue weighted by atomic mass is 16.4. The van der Waals surface area contributed by atoms with Gasteiger partial charge in [0, 0.05) is 17.3 Å². The number of nitrogens with zero attached hydrogens (tertiary/aromatic N) is 6. The molecule has 3 aromatic carbocycles. The number of hydrogen-bond acceptors (Lipinski definition) is 7. The first-order valence-corrected chi connectivity index (χ1v) is 10.3. The molecule has 6 rings (SSSR count). The predicted octanol–water partition coefficient (Wildman–Crippen LogP) is 5.31. The van der Waals surface area contributed by atoms with Crippen LogP contribution in [0.25, 0.3) is 51.6 Å². The molecule has 3 heterocycles. The molecule has 0 aliphatic carbocycles. The smallest absolute Gasteiger partial charge is 0.269 e. The van der Waals surface area contributed by atoms with E-state index in [-0.39, 0.29) is 5.89 Å². The van der Waals surface area contributed by atoms with E-state index in [9.17, 15) is 0 Å². The topological polar surface area (TPSA) is 95.7 Å². The van der Waals surface area contributed by atoms with Crippen molar-refractivity contribution >= 4 is 0 Å². The minimum Gasteiger partial charge on any atom is -0.416 e. The lowest BCUT2D eigenvalue weighted by Gasteiger charge is -1.98. The van der Waals surface area contributed by atoms with Gasteiger partial charge in [0.05, 0.1) is 11.3 Å². The quantitative estimate of drug-likeness (QED) is 0.364. The van der Waals surface area contributed by atoms with Crippen molar-refractivity contribution in [2.24, 2.45) is 0 Å². The van der Waals surface area contributed by atoms with Crippen molar-refractivity contribution in [3.8, 4) is 51.6 Å². The van der Waals surface area contributed by atoms with Crippen molar-refractivity contribution in [1.29, 1.82) is 0 Å². The molecular formula is C25H16N6O2. The van der Waals surface area contributed by atoms with Crippen molar-refractivity contribution in [2.45, 2.75) is 0 Å². The molecule has 0 fully saturated rings. The summed E-state index contributed by atoms with van der Waals surface area (Å²) in [6, 6.07) is 28.9. The fourth-order valence-corrected chi connectivity index (χ4v) is 3.45. The molecule has 0 radical (unpaired) electrons. The summed E-state index contributed by atoms with van der Waals surface area (Å²) in [5.41, 5.74) is 3.58. The Kier molecular flexibility index (Phi) is 4.58. The van der Waals surface area contributed by atoms with E-state index in [2.05, 4.69) is 20.4 Å². The Bertz CT molecular complexity index is 1410. The maximum atomic E-state index is 5.99. The molecule has 0 spiro atoms. The van der Waals surface area contributed by atoms with Crippen LogP contribution in [0.5, 0.6) is 0 Å². The van der Waals surface area contributed by atoms with Crippen LogP contribution in [0.1, 0.15) is 0 Å². The second-order valence-electron chi connectivity index (χ2n) is 7.23. The zero-order valence-corrected chi connectivity index (χ0v) is 17.2. The second kappa shape index (κ2) is 8.01. The van der Waals surface area contributed by atoms with Crippen molar-refractivity contribution in [1.82, 2.24) is 30.2 Å². The van der Waals surface area contributed by atoms with Gasteiger partial charge in [0.2, 0.25) is 11.8 Å². The second-order valence-corrected chi connectivity index (χ2v) is 7.23. The molecule has 8 nitrogen and oxygen atoms in total. The SMILES string of the molecule is c1ccc(-c2nnc(-c3cn(-c4ccccc4)nc3-c3nnc(-c4ccccc4)o3)o2)cc1. The first kappa shape index (κ1) is 18.9. The average Bonchev–Trinajstić information content (AvgIpc) is 3.65. The molecule has 0 saturated heterocycles. The van der Waals surface area contributed by atoms with Gasteiger partial charge in [0.1, 0.15) is 0 Å². The number of para-hydroxylation sites is 1. The first-order chi connectivity index (χ1) is 16.3. The molecule has 33 heavy (non-hydrogen) atoms. The fourth-order valence-electron chi connectivity index (χ4n) is 3.45. The number of aromatic nitrogens is 6. The monoisotopic (exact) mass is 432 g/mol. The predicted molar refractivity (Wildman–Crippen MR) is 121 cm³/mol. The van der Waals surface area contributed by atoms with E-state index >= 15 is 0 Å². The lowest BCUT2D eigenvalue weighted by molar-refractivity contribution is 0.576. The molecular weight excluding hydrogens is 416 g/mol. The van der Waals surface area contributed by atoms with Crippen molar-refractivity contribution in [3.05, 3.63) is 97.2 Å². The van der Waals surface area contributed by atoms with Gasteiger partial charge in [-0.1, -0.05) is 54.6 Å². The van der Waals surface area contributed by atoms with Gasteiger partial charge in [0.25, 0.3) is 11.8 Å². The molecule has 0 aliphatic rings. The Labute approximate surface area is 188 Å². The van der Waals surface area contributed by atoms with Crippen LogP contribution in [0.2, 0.25) is 0 Å². The van der Waals surface area contributed by atoms with E-state index in [1.54, 1.807) is 4.68 Å². The summed E-state index contributed by atoms with van der Waals surface area (Å²) in [5, 5.41) is 21.6. The van der Waals surface area contributed by atoms with Gasteiger partial charge in [-0.05, 0) is 36.4 Å². The third kappa shape index (κ3) is 3.59. The van der Waals surface area contributed by atoms with E-state index in [1.165, 1.54) is 0 Å². The summed E-state index contributed by atoms with van der Waals surface area (Å²) >= 11 is 0. The zero-order chi connectivity index (χ0) is 22.0. The van der Waals surface area contributed by atoms with Crippen molar-refractivity contribution in [2.75, 3.05) is 0 Å². The Hall–Kier alpha value is -4.85. The minimum absolute atomic E-state index is 0.262. The van der Waals surface area contributed by atoms with Crippen LogP contribution in [0, 0.1) is 0 Å². The Morgan fingerprint density at radius 2 is 1.00 bits per heavy atom. The maximum absolute atomic E-state index is 5.99. The van der Waals surface area contributed by atoms with Crippen molar-refractivity contribution in [3.63, 3.8) is 0 Å². The van der Waals surface area contributed by atoms with E-state index in [0.717, 1.165) is 16.8 Å². The molecule has 0 aliphatic heterocycles. The van der Waals surface area contributed by atoms with Crippen LogP contribution in [0.3, 0.4) is 0 Å². The maximum Gasteiger partial charge on any atom is 0.269 e. The summed E-state index contributed by atoms with van der Waals surface area (Å²) in [4.78, 5) is 0. The van der Waals surface area contributed by atoms with Crippen LogP contribution in [0.4, 0.5) is 0 Å². The van der Waals surface area contributed by atoms with Gasteiger partial charge >= 0.3 is 0 Å². The van der Waals surface area contributed by atoms with E-state index < -0.39 is 0 Å². The van der Waals surface area contributed by atoms with Gasteiger partial charge in [0.15, 0.2) is 5.69 Å². The van der Waals surface area contributed by atoms with Gasteiger partial charge in [-0.3, -0.25) is 0 Å². The molecule has 0 bridgehead atoms. The fraction of sp³-hybridized carbons (Fsp3) is 0. The van der Waals surface area contributed by atoms with E-state index in [4.69, 9.17) is 13.9 Å². The number of hydrogen-bond donors (Lipinski definition) is 0. The van der Waals surface area contributed by atoms with Gasteiger partial charge < -0.3 is 8.83 Å². The lowest BCUT2D eigenvalue weighted by atomic mass is 10.2. The first-order valence-electron chi connectivity index (χ1n) is 10.3. The molecule has 8 heteroatoms. The molecule has 0 unspecified atom stereocenters. The zero-order valence-electron chi connectivity index (χ0n) is 17.2.